The smallest absolute Gasteiger partial charge is 0.224 e. The molecule has 0 aromatic heterocycles. The number of amides is 1. The van der Waals surface area contributed by atoms with E-state index in [4.69, 9.17) is 5.73 Å². The predicted molar refractivity (Wildman–Crippen MR) is 70.8 cm³/mol. The van der Waals surface area contributed by atoms with E-state index >= 15 is 0 Å². The van der Waals surface area contributed by atoms with E-state index in [1.807, 2.05) is 45.0 Å². The topological polar surface area (TPSA) is 55.1 Å². The van der Waals surface area contributed by atoms with Crippen molar-refractivity contribution >= 4 is 5.91 Å². The van der Waals surface area contributed by atoms with Gasteiger partial charge in [0.05, 0.1) is 6.42 Å². The van der Waals surface area contributed by atoms with E-state index in [-0.39, 0.29) is 11.4 Å². The minimum Gasteiger partial charge on any atom is -0.349 e. The van der Waals surface area contributed by atoms with Crippen molar-refractivity contribution in [1.82, 2.24) is 5.32 Å². The molecule has 0 aliphatic rings. The maximum atomic E-state index is 11.9. The summed E-state index contributed by atoms with van der Waals surface area (Å²) in [5, 5.41) is 2.99. The normalized spacial score (nSPS) is 14.1. The number of nitrogens with one attached hydrogen (secondary N) is 1. The van der Waals surface area contributed by atoms with E-state index in [9.17, 15) is 4.79 Å². The molecule has 0 bridgehead atoms. The van der Waals surface area contributed by atoms with Crippen LogP contribution in [-0.2, 0) is 11.2 Å². The van der Waals surface area contributed by atoms with Gasteiger partial charge in [-0.15, -0.1) is 0 Å². The second-order valence-electron chi connectivity index (χ2n) is 4.83. The van der Waals surface area contributed by atoms with Gasteiger partial charge in [-0.25, -0.2) is 0 Å². The highest BCUT2D eigenvalue weighted by Gasteiger charge is 2.21. The fraction of sp³-hybridized carbons (Fsp3) is 0.500. The number of nitrogens with two attached hydrogens (primary N) is 1. The minimum absolute atomic E-state index is 0.0312. The quantitative estimate of drug-likeness (QED) is 0.816. The third kappa shape index (κ3) is 4.19. The van der Waals surface area contributed by atoms with Crippen LogP contribution in [0.1, 0.15) is 31.4 Å². The molecular formula is C14H22N2O. The van der Waals surface area contributed by atoms with Gasteiger partial charge in [0.25, 0.3) is 0 Å². The van der Waals surface area contributed by atoms with Crippen molar-refractivity contribution in [3.8, 4) is 0 Å². The number of benzene rings is 1. The van der Waals surface area contributed by atoms with Gasteiger partial charge in [0, 0.05) is 12.1 Å². The first-order valence-corrected chi connectivity index (χ1v) is 6.06. The van der Waals surface area contributed by atoms with Crippen molar-refractivity contribution in [1.29, 1.82) is 0 Å². The van der Waals surface area contributed by atoms with Gasteiger partial charge in [0.15, 0.2) is 0 Å². The molecule has 0 radical (unpaired) electrons. The molecule has 3 heteroatoms. The number of hydrogen-bond acceptors (Lipinski definition) is 2. The molecular weight excluding hydrogens is 212 g/mol. The third-order valence-electron chi connectivity index (χ3n) is 3.16. The van der Waals surface area contributed by atoms with Crippen LogP contribution in [0.4, 0.5) is 0 Å². The van der Waals surface area contributed by atoms with Crippen LogP contribution in [-0.4, -0.2) is 18.0 Å². The molecule has 94 valence electrons. The Morgan fingerprint density at radius 1 is 1.35 bits per heavy atom. The molecule has 1 aromatic rings. The average Bonchev–Trinajstić information content (AvgIpc) is 2.32. The summed E-state index contributed by atoms with van der Waals surface area (Å²) in [5.41, 5.74) is 7.61. The summed E-state index contributed by atoms with van der Waals surface area (Å²) < 4.78 is 0. The van der Waals surface area contributed by atoms with Crippen molar-refractivity contribution in [2.75, 3.05) is 6.54 Å². The Balaban J connectivity index is 2.58. The van der Waals surface area contributed by atoms with E-state index in [1.165, 1.54) is 5.56 Å². The second kappa shape index (κ2) is 5.82. The van der Waals surface area contributed by atoms with E-state index in [0.29, 0.717) is 13.0 Å². The fourth-order valence-electron chi connectivity index (χ4n) is 1.56. The van der Waals surface area contributed by atoms with Crippen molar-refractivity contribution < 1.29 is 4.79 Å². The highest BCUT2D eigenvalue weighted by atomic mass is 16.1. The van der Waals surface area contributed by atoms with Crippen LogP contribution in [0.2, 0.25) is 0 Å². The van der Waals surface area contributed by atoms with Crippen LogP contribution >= 0.6 is 0 Å². The molecule has 0 aliphatic carbocycles. The summed E-state index contributed by atoms with van der Waals surface area (Å²) >= 11 is 0. The molecule has 17 heavy (non-hydrogen) atoms. The minimum atomic E-state index is -0.290. The zero-order chi connectivity index (χ0) is 12.9. The molecule has 0 heterocycles. The maximum Gasteiger partial charge on any atom is 0.224 e. The molecule has 1 unspecified atom stereocenters. The highest BCUT2D eigenvalue weighted by molar-refractivity contribution is 5.79. The zero-order valence-electron chi connectivity index (χ0n) is 10.9. The van der Waals surface area contributed by atoms with Crippen molar-refractivity contribution in [2.45, 2.75) is 39.2 Å². The summed E-state index contributed by atoms with van der Waals surface area (Å²) in [6.07, 6.45) is 1.25. The molecule has 0 spiro atoms. The molecule has 3 nitrogen and oxygen atoms in total. The Labute approximate surface area is 103 Å². The molecule has 1 aromatic carbocycles. The standard InChI is InChI=1S/C14H22N2O/c1-4-14(3,10-15)16-13(17)9-12-7-5-11(2)6-8-12/h5-8H,4,9-10,15H2,1-3H3,(H,16,17). The Kier molecular flexibility index (Phi) is 4.70. The van der Waals surface area contributed by atoms with Gasteiger partial charge in [-0.2, -0.15) is 0 Å². The molecule has 1 atom stereocenters. The highest BCUT2D eigenvalue weighted by Crippen LogP contribution is 2.08. The summed E-state index contributed by atoms with van der Waals surface area (Å²) in [5.74, 6) is 0.0312. The first-order valence-electron chi connectivity index (χ1n) is 6.06. The van der Waals surface area contributed by atoms with E-state index in [1.54, 1.807) is 0 Å². The summed E-state index contributed by atoms with van der Waals surface area (Å²) in [4.78, 5) is 11.9. The lowest BCUT2D eigenvalue weighted by atomic mass is 9.98. The van der Waals surface area contributed by atoms with Gasteiger partial charge in [-0.3, -0.25) is 4.79 Å². The Bertz CT molecular complexity index is 366. The van der Waals surface area contributed by atoms with Crippen LogP contribution in [0.25, 0.3) is 0 Å². The molecule has 1 amide bonds. The summed E-state index contributed by atoms with van der Waals surface area (Å²) in [7, 11) is 0. The van der Waals surface area contributed by atoms with Crippen LogP contribution < -0.4 is 11.1 Å². The largest absolute Gasteiger partial charge is 0.349 e. The van der Waals surface area contributed by atoms with Crippen molar-refractivity contribution in [2.24, 2.45) is 5.73 Å². The predicted octanol–water partition coefficient (Wildman–Crippen LogP) is 1.78. The molecule has 3 N–H and O–H groups in total. The summed E-state index contributed by atoms with van der Waals surface area (Å²) in [6, 6.07) is 8.01. The number of aryl methyl sites for hydroxylation is 1. The van der Waals surface area contributed by atoms with Gasteiger partial charge < -0.3 is 11.1 Å². The Morgan fingerprint density at radius 2 is 1.94 bits per heavy atom. The lowest BCUT2D eigenvalue weighted by Gasteiger charge is -2.27. The Morgan fingerprint density at radius 3 is 2.41 bits per heavy atom. The van der Waals surface area contributed by atoms with Gasteiger partial charge in [-0.05, 0) is 25.8 Å². The zero-order valence-corrected chi connectivity index (χ0v) is 10.9. The van der Waals surface area contributed by atoms with E-state index in [0.717, 1.165) is 12.0 Å². The van der Waals surface area contributed by atoms with Crippen LogP contribution in [0, 0.1) is 6.92 Å². The molecule has 1 rings (SSSR count). The molecule has 0 saturated heterocycles. The maximum absolute atomic E-state index is 11.9. The monoisotopic (exact) mass is 234 g/mol. The van der Waals surface area contributed by atoms with Gasteiger partial charge in [0.1, 0.15) is 0 Å². The summed E-state index contributed by atoms with van der Waals surface area (Å²) in [6.45, 7) is 6.49. The van der Waals surface area contributed by atoms with E-state index < -0.39 is 0 Å². The number of carbonyl (C=O) groups is 1. The number of hydrogen-bond donors (Lipinski definition) is 2. The first kappa shape index (κ1) is 13.7. The number of carbonyl (C=O) groups excluding carboxylic acids is 1. The second-order valence-corrected chi connectivity index (χ2v) is 4.83. The van der Waals surface area contributed by atoms with Gasteiger partial charge >= 0.3 is 0 Å². The van der Waals surface area contributed by atoms with Gasteiger partial charge in [0.2, 0.25) is 5.91 Å². The van der Waals surface area contributed by atoms with Crippen molar-refractivity contribution in [3.63, 3.8) is 0 Å². The van der Waals surface area contributed by atoms with E-state index in [2.05, 4.69) is 5.32 Å². The van der Waals surface area contributed by atoms with Crippen LogP contribution in [0.15, 0.2) is 24.3 Å². The molecule has 0 aliphatic heterocycles. The Hall–Kier alpha value is -1.35. The number of rotatable bonds is 5. The third-order valence-corrected chi connectivity index (χ3v) is 3.16. The SMILES string of the molecule is CCC(C)(CN)NC(=O)Cc1ccc(C)cc1. The average molecular weight is 234 g/mol. The molecule has 0 fully saturated rings. The lowest BCUT2D eigenvalue weighted by molar-refractivity contribution is -0.122. The van der Waals surface area contributed by atoms with Crippen molar-refractivity contribution in [3.05, 3.63) is 35.4 Å². The molecule has 0 saturated carbocycles. The lowest BCUT2D eigenvalue weighted by Crippen LogP contribution is -2.51. The first-order chi connectivity index (χ1) is 7.99. The van der Waals surface area contributed by atoms with Crippen LogP contribution in [0.3, 0.4) is 0 Å². The van der Waals surface area contributed by atoms with Gasteiger partial charge in [-0.1, -0.05) is 36.8 Å². The fourth-order valence-corrected chi connectivity index (χ4v) is 1.56. The van der Waals surface area contributed by atoms with Crippen LogP contribution in [0.5, 0.6) is 0 Å².